The summed E-state index contributed by atoms with van der Waals surface area (Å²) in [5.41, 5.74) is 1.06. The predicted molar refractivity (Wildman–Crippen MR) is 145 cm³/mol. The summed E-state index contributed by atoms with van der Waals surface area (Å²) in [7, 11) is 3.18. The van der Waals surface area contributed by atoms with Crippen molar-refractivity contribution in [2.45, 2.75) is 24.5 Å². The molecule has 0 spiro atoms. The van der Waals surface area contributed by atoms with Crippen LogP contribution in [-0.4, -0.2) is 25.2 Å². The van der Waals surface area contributed by atoms with Crippen molar-refractivity contribution in [2.75, 3.05) is 19.1 Å². The van der Waals surface area contributed by atoms with Gasteiger partial charge in [-0.25, -0.2) is 8.78 Å². The van der Waals surface area contributed by atoms with Crippen molar-refractivity contribution in [3.05, 3.63) is 125 Å². The van der Waals surface area contributed by atoms with Crippen LogP contribution >= 0.6 is 0 Å². The fourth-order valence-corrected chi connectivity index (χ4v) is 5.31. The second-order valence-electron chi connectivity index (χ2n) is 9.64. The summed E-state index contributed by atoms with van der Waals surface area (Å²) in [4.78, 5) is 15.3. The number of benzene rings is 4. The van der Waals surface area contributed by atoms with Gasteiger partial charge in [0, 0.05) is 5.69 Å². The molecule has 4 aromatic rings. The maximum atomic E-state index is 13.7. The van der Waals surface area contributed by atoms with E-state index >= 15 is 0 Å². The van der Waals surface area contributed by atoms with Gasteiger partial charge in [-0.15, -0.1) is 0 Å². The highest BCUT2D eigenvalue weighted by Gasteiger charge is 2.49. The van der Waals surface area contributed by atoms with Crippen molar-refractivity contribution >= 4 is 11.6 Å². The minimum absolute atomic E-state index is 0.0680. The van der Waals surface area contributed by atoms with Gasteiger partial charge >= 0.3 is 0 Å². The maximum Gasteiger partial charge on any atom is 0.233 e. The Labute approximate surface area is 226 Å². The molecule has 4 aromatic carbocycles. The van der Waals surface area contributed by atoms with Crippen LogP contribution in [0.25, 0.3) is 0 Å². The zero-order chi connectivity index (χ0) is 27.6. The molecular weight excluding hydrogens is 500 g/mol. The number of carbonyl (C=O) groups excluding carboxylic acids is 1. The quantitative estimate of drug-likeness (QED) is 0.255. The number of hydrogen-bond acceptors (Lipinski definition) is 4. The second kappa shape index (κ2) is 10.9. The summed E-state index contributed by atoms with van der Waals surface area (Å²) in [6.07, 6.45) is 0.511. The topological polar surface area (TPSA) is 59.0 Å². The van der Waals surface area contributed by atoms with Gasteiger partial charge in [0.1, 0.15) is 28.7 Å². The fraction of sp³-hybridized carbons (Fsp3) is 0.219. The van der Waals surface area contributed by atoms with Crippen molar-refractivity contribution in [2.24, 2.45) is 5.92 Å². The van der Waals surface area contributed by atoms with E-state index in [1.54, 1.807) is 19.1 Å². The lowest BCUT2D eigenvalue weighted by Gasteiger charge is -2.48. The fourth-order valence-electron chi connectivity index (χ4n) is 5.31. The standard InChI is InChI=1S/C32H29F2NO4/c1-38-27-15-3-21(4-16-27)30-29(31(36)35(30)26-13-17-28(39-2)18-14-26)19-20-32(37,22-5-9-24(33)10-6-22)23-7-11-25(34)12-8-23/h3-18,29-30,37H,19-20H2,1-2H3. The first kappa shape index (κ1) is 26.4. The molecule has 0 aliphatic carbocycles. The third kappa shape index (κ3) is 5.10. The average Bonchev–Trinajstić information content (AvgIpc) is 2.97. The predicted octanol–water partition coefficient (Wildman–Crippen LogP) is 6.40. The van der Waals surface area contributed by atoms with Gasteiger partial charge in [-0.1, -0.05) is 36.4 Å². The third-order valence-corrected chi connectivity index (χ3v) is 7.48. The lowest BCUT2D eigenvalue weighted by molar-refractivity contribution is -0.131. The van der Waals surface area contributed by atoms with Gasteiger partial charge in [-0.3, -0.25) is 4.79 Å². The van der Waals surface area contributed by atoms with Gasteiger partial charge in [0.15, 0.2) is 0 Å². The monoisotopic (exact) mass is 529 g/mol. The SMILES string of the molecule is COc1ccc(C2C(CCC(O)(c3ccc(F)cc3)c3ccc(F)cc3)C(=O)N2c2ccc(OC)cc2)cc1. The Hall–Kier alpha value is -4.23. The molecule has 5 nitrogen and oxygen atoms in total. The molecule has 7 heteroatoms. The molecule has 5 rings (SSSR count). The minimum Gasteiger partial charge on any atom is -0.497 e. The van der Waals surface area contributed by atoms with Crippen LogP contribution < -0.4 is 14.4 Å². The Bertz CT molecular complexity index is 1380. The van der Waals surface area contributed by atoms with E-state index in [2.05, 4.69) is 0 Å². The highest BCUT2D eigenvalue weighted by Crippen LogP contribution is 2.48. The van der Waals surface area contributed by atoms with E-state index < -0.39 is 23.2 Å². The molecule has 2 unspecified atom stereocenters. The molecule has 1 heterocycles. The van der Waals surface area contributed by atoms with Crippen molar-refractivity contribution in [1.29, 1.82) is 0 Å². The summed E-state index contributed by atoms with van der Waals surface area (Å²) < 4.78 is 38.0. The summed E-state index contributed by atoms with van der Waals surface area (Å²) in [6.45, 7) is 0. The van der Waals surface area contributed by atoms with Gasteiger partial charge in [0.2, 0.25) is 5.91 Å². The third-order valence-electron chi connectivity index (χ3n) is 7.48. The van der Waals surface area contributed by atoms with Crippen LogP contribution in [0.2, 0.25) is 0 Å². The number of halogens is 2. The van der Waals surface area contributed by atoms with Crippen molar-refractivity contribution < 1.29 is 28.2 Å². The van der Waals surface area contributed by atoms with E-state index in [1.165, 1.54) is 48.5 Å². The smallest absolute Gasteiger partial charge is 0.233 e. The molecule has 0 bridgehead atoms. The Kier molecular flexibility index (Phi) is 7.35. The number of β-lactam (4-membered cyclic amide) rings is 1. The molecule has 200 valence electrons. The molecule has 1 N–H and O–H groups in total. The minimum atomic E-state index is -1.55. The molecule has 1 aliphatic rings. The Morgan fingerprint density at radius 1 is 0.744 bits per heavy atom. The maximum absolute atomic E-state index is 13.7. The summed E-state index contributed by atoms with van der Waals surface area (Å²) in [5.74, 6) is 0.0505. The van der Waals surface area contributed by atoms with Crippen LogP contribution in [0, 0.1) is 17.6 Å². The summed E-state index contributed by atoms with van der Waals surface area (Å²) in [5, 5.41) is 12.0. The number of hydrogen-bond donors (Lipinski definition) is 1. The molecule has 39 heavy (non-hydrogen) atoms. The zero-order valence-electron chi connectivity index (χ0n) is 21.7. The van der Waals surface area contributed by atoms with Gasteiger partial charge in [0.05, 0.1) is 26.2 Å². The molecule has 1 aliphatic heterocycles. The van der Waals surface area contributed by atoms with Gasteiger partial charge in [-0.2, -0.15) is 0 Å². The molecule has 1 amide bonds. The summed E-state index contributed by atoms with van der Waals surface area (Å²) >= 11 is 0. The lowest BCUT2D eigenvalue weighted by atomic mass is 9.74. The van der Waals surface area contributed by atoms with Gasteiger partial charge < -0.3 is 19.5 Å². The van der Waals surface area contributed by atoms with Crippen LogP contribution in [-0.2, 0) is 10.4 Å². The number of rotatable bonds is 9. The van der Waals surface area contributed by atoms with Gasteiger partial charge in [0.25, 0.3) is 0 Å². The molecule has 2 atom stereocenters. The van der Waals surface area contributed by atoms with Gasteiger partial charge in [-0.05, 0) is 90.2 Å². The second-order valence-corrected chi connectivity index (χ2v) is 9.64. The van der Waals surface area contributed by atoms with Crippen LogP contribution in [0.1, 0.15) is 35.6 Å². The van der Waals surface area contributed by atoms with Crippen LogP contribution in [0.3, 0.4) is 0 Å². The Morgan fingerprint density at radius 2 is 1.21 bits per heavy atom. The van der Waals surface area contributed by atoms with Crippen LogP contribution in [0.4, 0.5) is 14.5 Å². The van der Waals surface area contributed by atoms with E-state index in [0.717, 1.165) is 11.3 Å². The number of carbonyl (C=O) groups is 1. The molecule has 0 aromatic heterocycles. The van der Waals surface area contributed by atoms with E-state index in [1.807, 2.05) is 48.5 Å². The molecule has 1 fully saturated rings. The molecule has 0 radical (unpaired) electrons. The molecule has 1 saturated heterocycles. The highest BCUT2D eigenvalue weighted by atomic mass is 19.1. The molecular formula is C32H29F2NO4. The number of ether oxygens (including phenoxy) is 2. The van der Waals surface area contributed by atoms with Crippen LogP contribution in [0.5, 0.6) is 11.5 Å². The first-order chi connectivity index (χ1) is 18.8. The highest BCUT2D eigenvalue weighted by molar-refractivity contribution is 6.03. The summed E-state index contributed by atoms with van der Waals surface area (Å²) in [6, 6.07) is 25.8. The number of methoxy groups -OCH3 is 2. The van der Waals surface area contributed by atoms with E-state index in [9.17, 15) is 18.7 Å². The van der Waals surface area contributed by atoms with E-state index in [4.69, 9.17) is 9.47 Å². The van der Waals surface area contributed by atoms with E-state index in [0.29, 0.717) is 29.0 Å². The lowest BCUT2D eigenvalue weighted by Crippen LogP contribution is -2.55. The zero-order valence-corrected chi connectivity index (χ0v) is 21.7. The van der Waals surface area contributed by atoms with E-state index in [-0.39, 0.29) is 18.4 Å². The average molecular weight is 530 g/mol. The first-order valence-electron chi connectivity index (χ1n) is 12.7. The number of aliphatic hydroxyl groups is 1. The van der Waals surface area contributed by atoms with Crippen LogP contribution in [0.15, 0.2) is 97.1 Å². The van der Waals surface area contributed by atoms with Crippen molar-refractivity contribution in [3.8, 4) is 11.5 Å². The number of amides is 1. The normalized spacial score (nSPS) is 17.1. The first-order valence-corrected chi connectivity index (χ1v) is 12.7. The Morgan fingerprint density at radius 3 is 1.67 bits per heavy atom. The number of anilines is 1. The Balaban J connectivity index is 1.48. The number of nitrogens with zero attached hydrogens (tertiary/aromatic N) is 1. The largest absolute Gasteiger partial charge is 0.497 e. The van der Waals surface area contributed by atoms with Crippen molar-refractivity contribution in [1.82, 2.24) is 0 Å². The van der Waals surface area contributed by atoms with Crippen molar-refractivity contribution in [3.63, 3.8) is 0 Å². The molecule has 0 saturated carbocycles.